The summed E-state index contributed by atoms with van der Waals surface area (Å²) in [6.07, 6.45) is 5.93. The number of isothiocyanates is 1. The van der Waals surface area contributed by atoms with E-state index < -0.39 is 17.3 Å². The van der Waals surface area contributed by atoms with Gasteiger partial charge in [0.1, 0.15) is 5.69 Å². The molecule has 1 nitrogen and oxygen atoms in total. The van der Waals surface area contributed by atoms with Crippen molar-refractivity contribution in [2.24, 2.45) is 10.9 Å². The van der Waals surface area contributed by atoms with E-state index >= 15 is 0 Å². The van der Waals surface area contributed by atoms with Gasteiger partial charge in [0.2, 0.25) is 0 Å². The maximum Gasteiger partial charge on any atom is 0.153 e. The number of thiocarbonyl (C=S) groups is 1. The molecule has 2 aromatic carbocycles. The van der Waals surface area contributed by atoms with E-state index in [1.807, 2.05) is 29.4 Å². The average Bonchev–Trinajstić information content (AvgIpc) is 2.59. The number of nitrogens with zero attached hydrogens (tertiary/aromatic N) is 1. The lowest BCUT2D eigenvalue weighted by Gasteiger charge is -2.10. The first-order valence-electron chi connectivity index (χ1n) is 8.71. The highest BCUT2D eigenvalue weighted by molar-refractivity contribution is 7.78. The normalized spacial score (nSPS) is 11.8. The molecular formula is C21H23F2NS. The van der Waals surface area contributed by atoms with Crippen LogP contribution in [0.5, 0.6) is 0 Å². The zero-order valence-corrected chi connectivity index (χ0v) is 15.5. The molecule has 2 aromatic rings. The third kappa shape index (κ3) is 5.55. The third-order valence-electron chi connectivity index (χ3n) is 4.41. The maximum absolute atomic E-state index is 13.9. The second-order valence-corrected chi connectivity index (χ2v) is 6.66. The first kappa shape index (κ1) is 19.4. The molecule has 0 aliphatic carbocycles. The highest BCUT2D eigenvalue weighted by Crippen LogP contribution is 2.29. The number of halogens is 2. The van der Waals surface area contributed by atoms with Crippen LogP contribution < -0.4 is 0 Å². The molecule has 0 aliphatic heterocycles. The number of aryl methyl sites for hydroxylation is 1. The molecule has 25 heavy (non-hydrogen) atoms. The van der Waals surface area contributed by atoms with Crippen LogP contribution in [0.25, 0.3) is 11.1 Å². The molecule has 0 saturated heterocycles. The third-order valence-corrected chi connectivity index (χ3v) is 4.50. The molecule has 4 heteroatoms. The molecule has 0 radical (unpaired) electrons. The quantitative estimate of drug-likeness (QED) is 0.361. The molecule has 0 bridgehead atoms. The van der Waals surface area contributed by atoms with Gasteiger partial charge in [-0.3, -0.25) is 0 Å². The molecule has 0 aliphatic rings. The fourth-order valence-corrected chi connectivity index (χ4v) is 3.13. The Bertz CT molecular complexity index is 726. The van der Waals surface area contributed by atoms with Crippen molar-refractivity contribution in [2.75, 3.05) is 0 Å². The fraction of sp³-hybridized carbons (Fsp3) is 0.381. The van der Waals surface area contributed by atoms with Crippen molar-refractivity contribution in [3.8, 4) is 11.1 Å². The number of aliphatic imine (C=N–C) groups is 1. The van der Waals surface area contributed by atoms with Crippen LogP contribution in [0.15, 0.2) is 41.4 Å². The van der Waals surface area contributed by atoms with Gasteiger partial charge >= 0.3 is 0 Å². The summed E-state index contributed by atoms with van der Waals surface area (Å²) in [4.78, 5) is 3.43. The van der Waals surface area contributed by atoms with Crippen LogP contribution in [-0.2, 0) is 6.42 Å². The summed E-state index contributed by atoms with van der Waals surface area (Å²) in [6, 6.07) is 10.4. The molecule has 2 rings (SSSR count). The Morgan fingerprint density at radius 2 is 1.68 bits per heavy atom. The molecular weight excluding hydrogens is 336 g/mol. The number of hydrogen-bond acceptors (Lipinski definition) is 2. The van der Waals surface area contributed by atoms with Crippen molar-refractivity contribution < 1.29 is 8.78 Å². The minimum absolute atomic E-state index is 0.392. The van der Waals surface area contributed by atoms with Crippen molar-refractivity contribution in [3.63, 3.8) is 0 Å². The predicted molar refractivity (Wildman–Crippen MR) is 103 cm³/mol. The Kier molecular flexibility index (Phi) is 7.42. The van der Waals surface area contributed by atoms with Gasteiger partial charge in [-0.15, -0.1) is 0 Å². The molecule has 132 valence electrons. The van der Waals surface area contributed by atoms with E-state index in [9.17, 15) is 8.78 Å². The molecule has 0 spiro atoms. The highest BCUT2D eigenvalue weighted by atomic mass is 32.1. The molecule has 0 amide bonds. The summed E-state index contributed by atoms with van der Waals surface area (Å²) in [5.74, 6) is -0.702. The van der Waals surface area contributed by atoms with E-state index in [0.717, 1.165) is 24.3 Å². The van der Waals surface area contributed by atoms with Crippen LogP contribution in [0.2, 0.25) is 0 Å². The van der Waals surface area contributed by atoms with Gasteiger partial charge in [0, 0.05) is 0 Å². The molecule has 0 aromatic heterocycles. The monoisotopic (exact) mass is 359 g/mol. The Morgan fingerprint density at radius 3 is 2.24 bits per heavy atom. The molecule has 1 unspecified atom stereocenters. The lowest BCUT2D eigenvalue weighted by Crippen LogP contribution is -1.95. The van der Waals surface area contributed by atoms with E-state index in [1.165, 1.54) is 37.0 Å². The van der Waals surface area contributed by atoms with Gasteiger partial charge in [0.15, 0.2) is 11.6 Å². The van der Waals surface area contributed by atoms with Crippen molar-refractivity contribution in [3.05, 3.63) is 53.6 Å². The Balaban J connectivity index is 2.06. The Labute approximate surface area is 153 Å². The van der Waals surface area contributed by atoms with E-state index in [4.69, 9.17) is 0 Å². The topological polar surface area (TPSA) is 12.4 Å². The Hall–Kier alpha value is -1.90. The van der Waals surface area contributed by atoms with Crippen molar-refractivity contribution in [1.82, 2.24) is 0 Å². The van der Waals surface area contributed by atoms with Gasteiger partial charge in [0.05, 0.1) is 5.16 Å². The molecule has 0 fully saturated rings. The standard InChI is InChI=1S/C21H23F2NS/c1-3-5-15(2)6-4-7-16-8-10-17(11-9-16)18-12-19(22)21(24-14-25)20(23)13-18/h8-13,15H,3-7H2,1-2H3. The van der Waals surface area contributed by atoms with E-state index in [2.05, 4.69) is 31.1 Å². The van der Waals surface area contributed by atoms with Gasteiger partial charge in [-0.25, -0.2) is 8.78 Å². The summed E-state index contributed by atoms with van der Waals surface area (Å²) < 4.78 is 27.9. The highest BCUT2D eigenvalue weighted by Gasteiger charge is 2.11. The minimum Gasteiger partial charge on any atom is -0.204 e. The summed E-state index contributed by atoms with van der Waals surface area (Å²) in [5, 5.41) is 2.00. The van der Waals surface area contributed by atoms with Crippen molar-refractivity contribution >= 4 is 23.1 Å². The van der Waals surface area contributed by atoms with Crippen LogP contribution in [0, 0.1) is 17.6 Å². The minimum atomic E-state index is -0.735. The van der Waals surface area contributed by atoms with Crippen LogP contribution >= 0.6 is 12.2 Å². The van der Waals surface area contributed by atoms with Crippen molar-refractivity contribution in [2.45, 2.75) is 46.0 Å². The van der Waals surface area contributed by atoms with Gasteiger partial charge in [-0.2, -0.15) is 4.99 Å². The zero-order chi connectivity index (χ0) is 18.2. The number of rotatable bonds is 8. The lowest BCUT2D eigenvalue weighted by molar-refractivity contribution is 0.469. The summed E-state index contributed by atoms with van der Waals surface area (Å²) >= 11 is 4.41. The van der Waals surface area contributed by atoms with E-state index in [-0.39, 0.29) is 0 Å². The first-order valence-corrected chi connectivity index (χ1v) is 9.12. The van der Waals surface area contributed by atoms with E-state index in [1.54, 1.807) is 0 Å². The molecule has 0 heterocycles. The average molecular weight is 359 g/mol. The van der Waals surface area contributed by atoms with Gasteiger partial charge < -0.3 is 0 Å². The smallest absolute Gasteiger partial charge is 0.153 e. The molecule has 0 saturated carbocycles. The second kappa shape index (κ2) is 9.55. The summed E-state index contributed by atoms with van der Waals surface area (Å²) in [6.45, 7) is 4.52. The van der Waals surface area contributed by atoms with Gasteiger partial charge in [-0.05, 0) is 59.8 Å². The van der Waals surface area contributed by atoms with Crippen LogP contribution in [0.3, 0.4) is 0 Å². The zero-order valence-electron chi connectivity index (χ0n) is 14.7. The largest absolute Gasteiger partial charge is 0.204 e. The first-order chi connectivity index (χ1) is 12.0. The van der Waals surface area contributed by atoms with Crippen LogP contribution in [0.1, 0.15) is 45.1 Å². The number of hydrogen-bond donors (Lipinski definition) is 0. The molecule has 0 N–H and O–H groups in total. The lowest BCUT2D eigenvalue weighted by atomic mass is 9.96. The SMILES string of the molecule is CCCC(C)CCCc1ccc(-c2cc(F)c(N=C=S)c(F)c2)cc1. The summed E-state index contributed by atoms with van der Waals surface area (Å²) in [5.41, 5.74) is 2.12. The second-order valence-electron chi connectivity index (χ2n) is 6.47. The predicted octanol–water partition coefficient (Wildman–Crippen LogP) is 7.13. The van der Waals surface area contributed by atoms with Gasteiger partial charge in [0.25, 0.3) is 0 Å². The van der Waals surface area contributed by atoms with Crippen molar-refractivity contribution in [1.29, 1.82) is 0 Å². The maximum atomic E-state index is 13.9. The fourth-order valence-electron chi connectivity index (χ4n) is 3.04. The van der Waals surface area contributed by atoms with Crippen LogP contribution in [0.4, 0.5) is 14.5 Å². The summed E-state index contributed by atoms with van der Waals surface area (Å²) in [7, 11) is 0. The number of benzene rings is 2. The molecule has 1 atom stereocenters. The van der Waals surface area contributed by atoms with Crippen LogP contribution in [-0.4, -0.2) is 5.16 Å². The van der Waals surface area contributed by atoms with Gasteiger partial charge in [-0.1, -0.05) is 57.4 Å². The van der Waals surface area contributed by atoms with E-state index in [0.29, 0.717) is 5.56 Å². The Morgan fingerprint density at radius 1 is 1.04 bits per heavy atom.